The molecular weight excluding hydrogens is 126 g/mol. The summed E-state index contributed by atoms with van der Waals surface area (Å²) in [6, 6.07) is 0.267. The van der Waals surface area contributed by atoms with Crippen LogP contribution in [0.3, 0.4) is 0 Å². The molecule has 1 aliphatic heterocycles. The Hall–Kier alpha value is -0.520. The molecule has 0 saturated carbocycles. The van der Waals surface area contributed by atoms with Crippen molar-refractivity contribution in [2.45, 2.75) is 13.0 Å². The van der Waals surface area contributed by atoms with Crippen LogP contribution in [-0.2, 0) is 4.74 Å². The van der Waals surface area contributed by atoms with Gasteiger partial charge in [-0.3, -0.25) is 4.90 Å². The molecule has 1 atom stereocenters. The number of morpholine rings is 1. The highest BCUT2D eigenvalue weighted by Gasteiger charge is 2.13. The van der Waals surface area contributed by atoms with E-state index >= 15 is 0 Å². The molecule has 0 aromatic heterocycles. The van der Waals surface area contributed by atoms with Crippen molar-refractivity contribution < 1.29 is 4.74 Å². The van der Waals surface area contributed by atoms with Crippen LogP contribution in [0.2, 0.25) is 0 Å². The molecule has 2 heteroatoms. The minimum atomic E-state index is 0.267. The molecule has 10 heavy (non-hydrogen) atoms. The maximum absolute atomic E-state index is 5.27. The molecule has 0 radical (unpaired) electrons. The number of hydrogen-bond donors (Lipinski definition) is 0. The Morgan fingerprint density at radius 3 is 2.60 bits per heavy atom. The zero-order chi connectivity index (χ0) is 7.40. The van der Waals surface area contributed by atoms with Crippen molar-refractivity contribution in [1.29, 1.82) is 0 Å². The predicted octanol–water partition coefficient (Wildman–Crippen LogP) is 0.340. The van der Waals surface area contributed by atoms with Gasteiger partial charge in [-0.15, -0.1) is 6.42 Å². The highest BCUT2D eigenvalue weighted by molar-refractivity contribution is 4.97. The van der Waals surface area contributed by atoms with Gasteiger partial charge in [0.05, 0.1) is 19.3 Å². The van der Waals surface area contributed by atoms with Gasteiger partial charge in [0.1, 0.15) is 0 Å². The first kappa shape index (κ1) is 7.59. The first-order valence-corrected chi connectivity index (χ1v) is 3.62. The molecule has 56 valence electrons. The Morgan fingerprint density at radius 1 is 1.50 bits per heavy atom. The van der Waals surface area contributed by atoms with Gasteiger partial charge < -0.3 is 4.74 Å². The number of ether oxygens (including phenoxy) is 1. The first-order chi connectivity index (χ1) is 4.84. The fourth-order valence-electron chi connectivity index (χ4n) is 1.07. The van der Waals surface area contributed by atoms with Crippen LogP contribution in [0.15, 0.2) is 0 Å². The van der Waals surface area contributed by atoms with Crippen molar-refractivity contribution in [1.82, 2.24) is 4.90 Å². The van der Waals surface area contributed by atoms with Gasteiger partial charge in [0, 0.05) is 13.1 Å². The standard InChI is InChI=1S/C8H13NO/c1-3-8(2)9-4-6-10-7-5-9/h1,8H,4-7H2,2H3/t8-/m1/s1. The number of nitrogens with zero attached hydrogens (tertiary/aromatic N) is 1. The van der Waals surface area contributed by atoms with Crippen LogP contribution in [0.5, 0.6) is 0 Å². The van der Waals surface area contributed by atoms with Crippen molar-refractivity contribution in [2.24, 2.45) is 0 Å². The maximum atomic E-state index is 5.27. The molecule has 0 aromatic rings. The molecule has 0 amide bonds. The van der Waals surface area contributed by atoms with E-state index in [1.165, 1.54) is 0 Å². The summed E-state index contributed by atoms with van der Waals surface area (Å²) >= 11 is 0. The van der Waals surface area contributed by atoms with Gasteiger partial charge in [0.25, 0.3) is 0 Å². The lowest BCUT2D eigenvalue weighted by Crippen LogP contribution is -2.41. The Labute approximate surface area is 62.2 Å². The third kappa shape index (κ3) is 1.73. The summed E-state index contributed by atoms with van der Waals surface area (Å²) in [7, 11) is 0. The van der Waals surface area contributed by atoms with Gasteiger partial charge in [-0.25, -0.2) is 0 Å². The van der Waals surface area contributed by atoms with Crippen LogP contribution in [-0.4, -0.2) is 37.2 Å². The van der Waals surface area contributed by atoms with Crippen LogP contribution < -0.4 is 0 Å². The maximum Gasteiger partial charge on any atom is 0.0684 e. The summed E-state index contributed by atoms with van der Waals surface area (Å²) < 4.78 is 5.18. The second-order valence-corrected chi connectivity index (χ2v) is 2.49. The Balaban J connectivity index is 2.33. The quantitative estimate of drug-likeness (QED) is 0.486. The second kappa shape index (κ2) is 3.60. The molecule has 1 fully saturated rings. The van der Waals surface area contributed by atoms with Crippen LogP contribution in [0.25, 0.3) is 0 Å². The van der Waals surface area contributed by atoms with E-state index in [0.29, 0.717) is 0 Å². The molecule has 0 aromatic carbocycles. The van der Waals surface area contributed by atoms with E-state index in [2.05, 4.69) is 10.8 Å². The van der Waals surface area contributed by atoms with E-state index in [-0.39, 0.29) is 6.04 Å². The molecule has 0 unspecified atom stereocenters. The van der Waals surface area contributed by atoms with Crippen molar-refractivity contribution in [2.75, 3.05) is 26.3 Å². The largest absolute Gasteiger partial charge is 0.379 e. The summed E-state index contributed by atoms with van der Waals surface area (Å²) in [6.07, 6.45) is 5.27. The van der Waals surface area contributed by atoms with Gasteiger partial charge in [0.2, 0.25) is 0 Å². The number of rotatable bonds is 1. The first-order valence-electron chi connectivity index (χ1n) is 3.62. The van der Waals surface area contributed by atoms with Crippen LogP contribution in [0, 0.1) is 12.3 Å². The second-order valence-electron chi connectivity index (χ2n) is 2.49. The van der Waals surface area contributed by atoms with E-state index < -0.39 is 0 Å². The molecule has 0 spiro atoms. The Morgan fingerprint density at radius 2 is 2.10 bits per heavy atom. The number of terminal acetylenes is 1. The highest BCUT2D eigenvalue weighted by Crippen LogP contribution is 2.01. The smallest absolute Gasteiger partial charge is 0.0684 e. The molecule has 2 nitrogen and oxygen atoms in total. The van der Waals surface area contributed by atoms with E-state index in [0.717, 1.165) is 26.3 Å². The van der Waals surface area contributed by atoms with E-state index in [9.17, 15) is 0 Å². The molecule has 1 saturated heterocycles. The van der Waals surface area contributed by atoms with Crippen molar-refractivity contribution in [3.05, 3.63) is 0 Å². The lowest BCUT2D eigenvalue weighted by molar-refractivity contribution is 0.0302. The predicted molar refractivity (Wildman–Crippen MR) is 40.7 cm³/mol. The summed E-state index contributed by atoms with van der Waals surface area (Å²) in [6.45, 7) is 5.65. The van der Waals surface area contributed by atoms with Crippen LogP contribution >= 0.6 is 0 Å². The molecular formula is C8H13NO. The van der Waals surface area contributed by atoms with Crippen LogP contribution in [0.4, 0.5) is 0 Å². The zero-order valence-electron chi connectivity index (χ0n) is 6.34. The topological polar surface area (TPSA) is 12.5 Å². The molecule has 1 rings (SSSR count). The average Bonchev–Trinajstić information content (AvgIpc) is 2.05. The SMILES string of the molecule is C#C[C@@H](C)N1CCOCC1. The van der Waals surface area contributed by atoms with Crippen LogP contribution in [0.1, 0.15) is 6.92 Å². The molecule has 1 aliphatic rings. The van der Waals surface area contributed by atoms with Gasteiger partial charge in [-0.05, 0) is 6.92 Å². The third-order valence-electron chi connectivity index (χ3n) is 1.83. The molecule has 0 bridgehead atoms. The monoisotopic (exact) mass is 139 g/mol. The van der Waals surface area contributed by atoms with E-state index in [1.54, 1.807) is 0 Å². The van der Waals surface area contributed by atoms with Gasteiger partial charge >= 0.3 is 0 Å². The summed E-state index contributed by atoms with van der Waals surface area (Å²) in [5.41, 5.74) is 0. The van der Waals surface area contributed by atoms with Crippen molar-refractivity contribution in [3.63, 3.8) is 0 Å². The Bertz CT molecular complexity index is 133. The summed E-state index contributed by atoms with van der Waals surface area (Å²) in [5, 5.41) is 0. The third-order valence-corrected chi connectivity index (χ3v) is 1.83. The highest BCUT2D eigenvalue weighted by atomic mass is 16.5. The summed E-state index contributed by atoms with van der Waals surface area (Å²) in [5.74, 6) is 2.70. The number of hydrogen-bond acceptors (Lipinski definition) is 2. The van der Waals surface area contributed by atoms with Crippen molar-refractivity contribution in [3.8, 4) is 12.3 Å². The Kier molecular flexibility index (Phi) is 2.73. The zero-order valence-corrected chi connectivity index (χ0v) is 6.34. The fourth-order valence-corrected chi connectivity index (χ4v) is 1.07. The van der Waals surface area contributed by atoms with Crippen molar-refractivity contribution >= 4 is 0 Å². The van der Waals surface area contributed by atoms with Gasteiger partial charge in [-0.1, -0.05) is 5.92 Å². The normalized spacial score (nSPS) is 23.6. The van der Waals surface area contributed by atoms with Gasteiger partial charge in [-0.2, -0.15) is 0 Å². The molecule has 1 heterocycles. The lowest BCUT2D eigenvalue weighted by atomic mass is 10.3. The molecule has 0 aliphatic carbocycles. The molecule has 0 N–H and O–H groups in total. The van der Waals surface area contributed by atoms with E-state index in [1.807, 2.05) is 6.92 Å². The van der Waals surface area contributed by atoms with E-state index in [4.69, 9.17) is 11.2 Å². The summed E-state index contributed by atoms with van der Waals surface area (Å²) in [4.78, 5) is 2.25. The average molecular weight is 139 g/mol. The lowest BCUT2D eigenvalue weighted by Gasteiger charge is -2.29. The minimum Gasteiger partial charge on any atom is -0.379 e. The minimum absolute atomic E-state index is 0.267. The fraction of sp³-hybridized carbons (Fsp3) is 0.750. The van der Waals surface area contributed by atoms with Gasteiger partial charge in [0.15, 0.2) is 0 Å².